The highest BCUT2D eigenvalue weighted by Crippen LogP contribution is 2.39. The maximum absolute atomic E-state index is 13.8. The fourth-order valence-corrected chi connectivity index (χ4v) is 5.01. The van der Waals surface area contributed by atoms with Crippen LogP contribution in [0.5, 0.6) is 0 Å². The molecule has 2 aliphatic heterocycles. The Hall–Kier alpha value is -4.14. The molecule has 3 heterocycles. The first-order chi connectivity index (χ1) is 17.5. The number of piperidine rings is 1. The van der Waals surface area contributed by atoms with E-state index in [2.05, 4.69) is 10.2 Å². The highest BCUT2D eigenvalue weighted by molar-refractivity contribution is 5.97. The minimum atomic E-state index is -0.845. The number of para-hydroxylation sites is 1. The monoisotopic (exact) mass is 490 g/mol. The van der Waals surface area contributed by atoms with Gasteiger partial charge < -0.3 is 24.4 Å². The van der Waals surface area contributed by atoms with Crippen molar-refractivity contribution in [2.45, 2.75) is 24.9 Å². The lowest BCUT2D eigenvalue weighted by Crippen LogP contribution is -2.57. The lowest BCUT2D eigenvalue weighted by molar-refractivity contribution is -0.137. The van der Waals surface area contributed by atoms with Crippen LogP contribution in [0.15, 0.2) is 77.4 Å². The zero-order valence-electron chi connectivity index (χ0n) is 19.7. The van der Waals surface area contributed by atoms with Crippen molar-refractivity contribution in [2.75, 3.05) is 31.2 Å². The average molecular weight is 491 g/mol. The molecule has 2 aliphatic rings. The minimum Gasteiger partial charge on any atom is -0.467 e. The summed E-state index contributed by atoms with van der Waals surface area (Å²) in [5, 5.41) is 2.80. The van der Waals surface area contributed by atoms with E-state index in [0.29, 0.717) is 37.3 Å². The van der Waals surface area contributed by atoms with Crippen LogP contribution in [-0.2, 0) is 16.1 Å². The van der Waals surface area contributed by atoms with Gasteiger partial charge in [-0.1, -0.05) is 18.2 Å². The van der Waals surface area contributed by atoms with Gasteiger partial charge in [0.05, 0.1) is 19.5 Å². The van der Waals surface area contributed by atoms with Gasteiger partial charge in [-0.3, -0.25) is 14.4 Å². The predicted molar refractivity (Wildman–Crippen MR) is 130 cm³/mol. The van der Waals surface area contributed by atoms with Crippen molar-refractivity contribution in [1.29, 1.82) is 0 Å². The quantitative estimate of drug-likeness (QED) is 0.574. The molecule has 0 atom stereocenters. The standard InChI is InChI=1S/C27H27FN4O4/c28-21-10-8-20(9-11-21)25(34)30-14-12-27(13-15-30)26(35)31(19-32(27)22-5-2-1-3-6-22)18-24(33)29-17-23-7-4-16-36-23/h1-11,16H,12-15,17-19H2,(H,29,33). The number of benzene rings is 2. The molecule has 0 radical (unpaired) electrons. The minimum absolute atomic E-state index is 0.0666. The van der Waals surface area contributed by atoms with Crippen molar-refractivity contribution in [3.63, 3.8) is 0 Å². The largest absolute Gasteiger partial charge is 0.467 e. The number of likely N-dealkylation sites (tertiary alicyclic amines) is 1. The highest BCUT2D eigenvalue weighted by Gasteiger charge is 2.54. The Balaban J connectivity index is 1.31. The maximum Gasteiger partial charge on any atom is 0.253 e. The number of anilines is 1. The van der Waals surface area contributed by atoms with E-state index >= 15 is 0 Å². The van der Waals surface area contributed by atoms with E-state index in [1.165, 1.54) is 24.3 Å². The molecule has 2 aromatic carbocycles. The number of carbonyl (C=O) groups is 3. The second-order valence-electron chi connectivity index (χ2n) is 9.09. The molecule has 3 aromatic rings. The second kappa shape index (κ2) is 9.85. The maximum atomic E-state index is 13.8. The number of furan rings is 1. The molecule has 0 aliphatic carbocycles. The molecule has 186 valence electrons. The Morgan fingerprint density at radius 3 is 2.36 bits per heavy atom. The molecule has 9 heteroatoms. The van der Waals surface area contributed by atoms with E-state index in [4.69, 9.17) is 4.42 Å². The molecule has 1 N–H and O–H groups in total. The van der Waals surface area contributed by atoms with E-state index < -0.39 is 11.4 Å². The molecule has 5 rings (SSSR count). The summed E-state index contributed by atoms with van der Waals surface area (Å²) in [6, 6.07) is 18.7. The third-order valence-corrected chi connectivity index (χ3v) is 6.93. The molecule has 2 fully saturated rings. The molecular formula is C27H27FN4O4. The third-order valence-electron chi connectivity index (χ3n) is 6.93. The average Bonchev–Trinajstić information content (AvgIpc) is 3.52. The Morgan fingerprint density at radius 2 is 1.69 bits per heavy atom. The summed E-state index contributed by atoms with van der Waals surface area (Å²) in [6.07, 6.45) is 2.40. The Kier molecular flexibility index (Phi) is 6.45. The number of carbonyl (C=O) groups excluding carboxylic acids is 3. The van der Waals surface area contributed by atoms with E-state index in [1.54, 1.807) is 28.2 Å². The van der Waals surface area contributed by atoms with Gasteiger partial charge in [-0.15, -0.1) is 0 Å². The number of amides is 3. The van der Waals surface area contributed by atoms with Gasteiger partial charge in [0.25, 0.3) is 11.8 Å². The Bertz CT molecular complexity index is 1220. The van der Waals surface area contributed by atoms with Crippen molar-refractivity contribution < 1.29 is 23.2 Å². The van der Waals surface area contributed by atoms with E-state index in [1.807, 2.05) is 30.3 Å². The normalized spacial score (nSPS) is 17.0. The summed E-state index contributed by atoms with van der Waals surface area (Å²) < 4.78 is 18.5. The van der Waals surface area contributed by atoms with Crippen molar-refractivity contribution in [1.82, 2.24) is 15.1 Å². The number of hydrogen-bond acceptors (Lipinski definition) is 5. The van der Waals surface area contributed by atoms with Crippen molar-refractivity contribution >= 4 is 23.4 Å². The number of halogens is 1. The predicted octanol–water partition coefficient (Wildman–Crippen LogP) is 3.02. The molecule has 0 bridgehead atoms. The molecule has 1 aromatic heterocycles. The first kappa shape index (κ1) is 23.6. The first-order valence-electron chi connectivity index (χ1n) is 11.9. The highest BCUT2D eigenvalue weighted by atomic mass is 19.1. The van der Waals surface area contributed by atoms with Gasteiger partial charge in [0, 0.05) is 24.3 Å². The first-order valence-corrected chi connectivity index (χ1v) is 11.9. The summed E-state index contributed by atoms with van der Waals surface area (Å²) in [5.41, 5.74) is 0.463. The number of rotatable bonds is 6. The van der Waals surface area contributed by atoms with E-state index in [-0.39, 0.29) is 37.5 Å². The number of nitrogens with zero attached hydrogens (tertiary/aromatic N) is 3. The van der Waals surface area contributed by atoms with Crippen LogP contribution in [0.2, 0.25) is 0 Å². The molecule has 1 spiro atoms. The summed E-state index contributed by atoms with van der Waals surface area (Å²) in [6.45, 7) is 1.22. The van der Waals surface area contributed by atoms with Crippen LogP contribution in [0.1, 0.15) is 29.0 Å². The lowest BCUT2D eigenvalue weighted by Gasteiger charge is -2.43. The smallest absolute Gasteiger partial charge is 0.253 e. The van der Waals surface area contributed by atoms with E-state index in [9.17, 15) is 18.8 Å². The van der Waals surface area contributed by atoms with Crippen molar-refractivity contribution in [3.05, 3.63) is 90.1 Å². The van der Waals surface area contributed by atoms with Gasteiger partial charge >= 0.3 is 0 Å². The van der Waals surface area contributed by atoms with Gasteiger partial charge in [-0.2, -0.15) is 0 Å². The van der Waals surface area contributed by atoms with Crippen LogP contribution in [-0.4, -0.2) is 59.4 Å². The number of nitrogens with one attached hydrogen (secondary N) is 1. The zero-order valence-corrected chi connectivity index (χ0v) is 19.7. The van der Waals surface area contributed by atoms with Crippen LogP contribution in [0.3, 0.4) is 0 Å². The molecule has 36 heavy (non-hydrogen) atoms. The van der Waals surface area contributed by atoms with Gasteiger partial charge in [0.2, 0.25) is 5.91 Å². The molecule has 3 amide bonds. The van der Waals surface area contributed by atoms with Crippen LogP contribution in [0, 0.1) is 5.82 Å². The third kappa shape index (κ3) is 4.56. The van der Waals surface area contributed by atoms with Crippen LogP contribution in [0.25, 0.3) is 0 Å². The fraction of sp³-hybridized carbons (Fsp3) is 0.296. The topological polar surface area (TPSA) is 86.1 Å². The van der Waals surface area contributed by atoms with E-state index in [0.717, 1.165) is 5.69 Å². The van der Waals surface area contributed by atoms with Gasteiger partial charge in [0.1, 0.15) is 23.7 Å². The van der Waals surface area contributed by atoms with Gasteiger partial charge in [0.15, 0.2) is 0 Å². The summed E-state index contributed by atoms with van der Waals surface area (Å²) in [7, 11) is 0. The van der Waals surface area contributed by atoms with Gasteiger partial charge in [-0.25, -0.2) is 4.39 Å². The number of hydrogen-bond donors (Lipinski definition) is 1. The van der Waals surface area contributed by atoms with Gasteiger partial charge in [-0.05, 0) is 61.4 Å². The van der Waals surface area contributed by atoms with Crippen LogP contribution < -0.4 is 10.2 Å². The Labute approximate surface area is 208 Å². The van der Waals surface area contributed by atoms with Crippen LogP contribution in [0.4, 0.5) is 10.1 Å². The fourth-order valence-electron chi connectivity index (χ4n) is 5.01. The van der Waals surface area contributed by atoms with Crippen molar-refractivity contribution in [2.24, 2.45) is 0 Å². The molecule has 0 unspecified atom stereocenters. The van der Waals surface area contributed by atoms with Crippen LogP contribution >= 0.6 is 0 Å². The summed E-state index contributed by atoms with van der Waals surface area (Å²) in [5.74, 6) is -0.331. The second-order valence-corrected chi connectivity index (χ2v) is 9.09. The zero-order chi connectivity index (χ0) is 25.1. The Morgan fingerprint density at radius 1 is 0.972 bits per heavy atom. The van der Waals surface area contributed by atoms with Crippen molar-refractivity contribution in [3.8, 4) is 0 Å². The molecule has 0 saturated carbocycles. The molecule has 2 saturated heterocycles. The SMILES string of the molecule is O=C(CN1CN(c2ccccc2)C2(CCN(C(=O)c3ccc(F)cc3)CC2)C1=O)NCc1ccco1. The summed E-state index contributed by atoms with van der Waals surface area (Å²) >= 11 is 0. The molecule has 8 nitrogen and oxygen atoms in total. The summed E-state index contributed by atoms with van der Waals surface area (Å²) in [4.78, 5) is 44.7. The molecular weight excluding hydrogens is 463 g/mol. The lowest BCUT2D eigenvalue weighted by atomic mass is 9.85.